The van der Waals surface area contributed by atoms with E-state index < -0.39 is 0 Å². The van der Waals surface area contributed by atoms with E-state index in [9.17, 15) is 4.79 Å². The number of carbonyl (C=O) groups excluding carboxylic acids is 1. The summed E-state index contributed by atoms with van der Waals surface area (Å²) in [7, 11) is 1.83. The van der Waals surface area contributed by atoms with Gasteiger partial charge in [0, 0.05) is 20.1 Å². The van der Waals surface area contributed by atoms with Gasteiger partial charge in [0.2, 0.25) is 0 Å². The molecule has 1 heterocycles. The molecule has 0 aliphatic carbocycles. The summed E-state index contributed by atoms with van der Waals surface area (Å²) in [6.45, 7) is 2.59. The number of hydrogen-bond acceptors (Lipinski definition) is 4. The van der Waals surface area contributed by atoms with Gasteiger partial charge >= 0.3 is 0 Å². The highest BCUT2D eigenvalue weighted by Crippen LogP contribution is 2.22. The molecule has 0 saturated carbocycles. The molecular formula is C13H18N2O3. The van der Waals surface area contributed by atoms with Crippen LogP contribution in [0.2, 0.25) is 0 Å². The van der Waals surface area contributed by atoms with Crippen LogP contribution < -0.4 is 10.1 Å². The lowest BCUT2D eigenvalue weighted by Gasteiger charge is -2.26. The second kappa shape index (κ2) is 6.26. The predicted molar refractivity (Wildman–Crippen MR) is 68.9 cm³/mol. The second-order valence-corrected chi connectivity index (χ2v) is 4.03. The van der Waals surface area contributed by atoms with Gasteiger partial charge in [-0.05, 0) is 12.1 Å². The fraction of sp³-hybridized carbons (Fsp3) is 0.462. The van der Waals surface area contributed by atoms with Crippen LogP contribution in [0.1, 0.15) is 0 Å². The largest absolute Gasteiger partial charge is 0.482 e. The van der Waals surface area contributed by atoms with Crippen molar-refractivity contribution in [3.8, 4) is 5.75 Å². The van der Waals surface area contributed by atoms with Crippen LogP contribution in [0.4, 0.5) is 5.69 Å². The van der Waals surface area contributed by atoms with Crippen LogP contribution >= 0.6 is 0 Å². The van der Waals surface area contributed by atoms with E-state index in [1.54, 1.807) is 4.90 Å². The number of nitrogens with one attached hydrogen (secondary N) is 1. The number of benzene rings is 1. The molecule has 1 aliphatic rings. The molecule has 1 aliphatic heterocycles. The molecule has 2 rings (SSSR count). The monoisotopic (exact) mass is 250 g/mol. The third-order valence-corrected chi connectivity index (χ3v) is 2.87. The number of rotatable bonds is 4. The number of amides is 1. The van der Waals surface area contributed by atoms with Crippen LogP contribution in [0.3, 0.4) is 0 Å². The third-order valence-electron chi connectivity index (χ3n) is 2.87. The molecular weight excluding hydrogens is 232 g/mol. The Hall–Kier alpha value is -1.75. The molecule has 1 amide bonds. The van der Waals surface area contributed by atoms with Gasteiger partial charge in [-0.15, -0.1) is 0 Å². The van der Waals surface area contributed by atoms with Gasteiger partial charge in [0.1, 0.15) is 5.75 Å². The average molecular weight is 250 g/mol. The van der Waals surface area contributed by atoms with Gasteiger partial charge in [-0.2, -0.15) is 0 Å². The van der Waals surface area contributed by atoms with Gasteiger partial charge in [0.15, 0.2) is 6.61 Å². The molecule has 5 heteroatoms. The molecule has 0 bridgehead atoms. The minimum Gasteiger partial charge on any atom is -0.482 e. The first-order valence-corrected chi connectivity index (χ1v) is 6.06. The maximum atomic E-state index is 11.9. The van der Waals surface area contributed by atoms with Crippen molar-refractivity contribution < 1.29 is 14.3 Å². The van der Waals surface area contributed by atoms with Crippen LogP contribution in [0.25, 0.3) is 0 Å². The van der Waals surface area contributed by atoms with Crippen LogP contribution in [0, 0.1) is 0 Å². The molecule has 1 fully saturated rings. The van der Waals surface area contributed by atoms with E-state index in [0.29, 0.717) is 32.1 Å². The normalized spacial score (nSPS) is 15.3. The molecule has 0 atom stereocenters. The zero-order valence-corrected chi connectivity index (χ0v) is 10.5. The lowest BCUT2D eigenvalue weighted by molar-refractivity contribution is -0.137. The zero-order valence-electron chi connectivity index (χ0n) is 10.5. The van der Waals surface area contributed by atoms with E-state index in [1.165, 1.54) is 0 Å². The summed E-state index contributed by atoms with van der Waals surface area (Å²) in [6, 6.07) is 7.56. The molecule has 5 nitrogen and oxygen atoms in total. The first kappa shape index (κ1) is 12.7. The molecule has 98 valence electrons. The molecule has 1 N–H and O–H groups in total. The second-order valence-electron chi connectivity index (χ2n) is 4.03. The molecule has 1 saturated heterocycles. The third kappa shape index (κ3) is 3.13. The van der Waals surface area contributed by atoms with E-state index in [0.717, 1.165) is 5.69 Å². The van der Waals surface area contributed by atoms with Crippen LogP contribution in [0.15, 0.2) is 24.3 Å². The Morgan fingerprint density at radius 2 is 2.11 bits per heavy atom. The molecule has 0 unspecified atom stereocenters. The maximum absolute atomic E-state index is 11.9. The fourth-order valence-electron chi connectivity index (χ4n) is 1.84. The van der Waals surface area contributed by atoms with Gasteiger partial charge < -0.3 is 19.7 Å². The first-order chi connectivity index (χ1) is 8.81. The van der Waals surface area contributed by atoms with E-state index in [-0.39, 0.29) is 12.5 Å². The molecule has 1 aromatic rings. The van der Waals surface area contributed by atoms with Crippen molar-refractivity contribution >= 4 is 11.6 Å². The minimum absolute atomic E-state index is 0.00389. The number of morpholine rings is 1. The Morgan fingerprint density at radius 3 is 2.83 bits per heavy atom. The van der Waals surface area contributed by atoms with Gasteiger partial charge in [-0.3, -0.25) is 4.79 Å². The Balaban J connectivity index is 1.88. The van der Waals surface area contributed by atoms with Crippen molar-refractivity contribution in [3.63, 3.8) is 0 Å². The summed E-state index contributed by atoms with van der Waals surface area (Å²) in [6.07, 6.45) is 0. The number of nitrogens with zero attached hydrogens (tertiary/aromatic N) is 1. The minimum atomic E-state index is 0.00389. The number of hydrogen-bond donors (Lipinski definition) is 1. The summed E-state index contributed by atoms with van der Waals surface area (Å²) >= 11 is 0. The lowest BCUT2D eigenvalue weighted by Crippen LogP contribution is -2.43. The van der Waals surface area contributed by atoms with Crippen molar-refractivity contribution in [3.05, 3.63) is 24.3 Å². The Kier molecular flexibility index (Phi) is 4.41. The summed E-state index contributed by atoms with van der Waals surface area (Å²) < 4.78 is 10.8. The van der Waals surface area contributed by atoms with E-state index in [2.05, 4.69) is 5.32 Å². The smallest absolute Gasteiger partial charge is 0.260 e. The molecule has 1 aromatic carbocycles. The van der Waals surface area contributed by atoms with Crippen LogP contribution in [-0.2, 0) is 9.53 Å². The highest BCUT2D eigenvalue weighted by molar-refractivity contribution is 5.78. The number of para-hydroxylation sites is 2. The first-order valence-electron chi connectivity index (χ1n) is 6.06. The van der Waals surface area contributed by atoms with Crippen LogP contribution in [-0.4, -0.2) is 50.8 Å². The van der Waals surface area contributed by atoms with E-state index in [1.807, 2.05) is 31.3 Å². The van der Waals surface area contributed by atoms with Gasteiger partial charge in [-0.25, -0.2) is 0 Å². The average Bonchev–Trinajstić information content (AvgIpc) is 2.46. The molecule has 0 radical (unpaired) electrons. The van der Waals surface area contributed by atoms with Gasteiger partial charge in [-0.1, -0.05) is 12.1 Å². The Labute approximate surface area is 107 Å². The SMILES string of the molecule is CNc1ccccc1OCC(=O)N1CCOCC1. The molecule has 18 heavy (non-hydrogen) atoms. The Bertz CT molecular complexity index is 403. The summed E-state index contributed by atoms with van der Waals surface area (Å²) in [5.41, 5.74) is 0.882. The van der Waals surface area contributed by atoms with Crippen molar-refractivity contribution in [1.29, 1.82) is 0 Å². The molecule has 0 aromatic heterocycles. The number of carbonyl (C=O) groups is 1. The lowest BCUT2D eigenvalue weighted by atomic mass is 10.3. The van der Waals surface area contributed by atoms with E-state index in [4.69, 9.17) is 9.47 Å². The highest BCUT2D eigenvalue weighted by Gasteiger charge is 2.17. The summed E-state index contributed by atoms with van der Waals surface area (Å²) in [4.78, 5) is 13.7. The van der Waals surface area contributed by atoms with Gasteiger partial charge in [0.25, 0.3) is 5.91 Å². The van der Waals surface area contributed by atoms with Gasteiger partial charge in [0.05, 0.1) is 18.9 Å². The fourth-order valence-corrected chi connectivity index (χ4v) is 1.84. The quantitative estimate of drug-likeness (QED) is 0.865. The van der Waals surface area contributed by atoms with Crippen LogP contribution in [0.5, 0.6) is 5.75 Å². The van der Waals surface area contributed by atoms with Crippen molar-refractivity contribution in [2.24, 2.45) is 0 Å². The highest BCUT2D eigenvalue weighted by atomic mass is 16.5. The number of anilines is 1. The topological polar surface area (TPSA) is 50.8 Å². The maximum Gasteiger partial charge on any atom is 0.260 e. The predicted octanol–water partition coefficient (Wildman–Crippen LogP) is 0.966. The van der Waals surface area contributed by atoms with E-state index >= 15 is 0 Å². The molecule has 0 spiro atoms. The standard InChI is InChI=1S/C13H18N2O3/c1-14-11-4-2-3-5-12(11)18-10-13(16)15-6-8-17-9-7-15/h2-5,14H,6-10H2,1H3. The summed E-state index contributed by atoms with van der Waals surface area (Å²) in [5, 5.41) is 3.03. The van der Waals surface area contributed by atoms with Crippen molar-refractivity contribution in [2.45, 2.75) is 0 Å². The number of ether oxygens (including phenoxy) is 2. The summed E-state index contributed by atoms with van der Waals surface area (Å²) in [5.74, 6) is 0.700. The Morgan fingerprint density at radius 1 is 1.39 bits per heavy atom. The van der Waals surface area contributed by atoms with Crippen molar-refractivity contribution in [1.82, 2.24) is 4.90 Å². The van der Waals surface area contributed by atoms with Crippen molar-refractivity contribution in [2.75, 3.05) is 45.3 Å². The zero-order chi connectivity index (χ0) is 12.8.